The van der Waals surface area contributed by atoms with Gasteiger partial charge >= 0.3 is 0 Å². The quantitative estimate of drug-likeness (QED) is 0.843. The highest BCUT2D eigenvalue weighted by atomic mass is 32.2. The average Bonchev–Trinajstić information content (AvgIpc) is 2.20. The predicted molar refractivity (Wildman–Crippen MR) is 61.0 cm³/mol. The first kappa shape index (κ1) is 12.5. The van der Waals surface area contributed by atoms with E-state index < -0.39 is 5.82 Å². The number of nitrogens with two attached hydrogens (primary N) is 1. The van der Waals surface area contributed by atoms with Crippen molar-refractivity contribution in [3.8, 4) is 0 Å². The monoisotopic (exact) mass is 231 g/mol. The van der Waals surface area contributed by atoms with E-state index in [1.54, 1.807) is 11.8 Å². The van der Waals surface area contributed by atoms with Crippen LogP contribution >= 0.6 is 11.8 Å². The van der Waals surface area contributed by atoms with Gasteiger partial charge in [-0.25, -0.2) is 8.78 Å². The Labute approximate surface area is 93.1 Å². The maximum Gasteiger partial charge on any atom is 0.126 e. The van der Waals surface area contributed by atoms with Crippen molar-refractivity contribution in [2.75, 3.05) is 11.5 Å². The van der Waals surface area contributed by atoms with Gasteiger partial charge in [0.1, 0.15) is 11.6 Å². The van der Waals surface area contributed by atoms with Gasteiger partial charge in [0, 0.05) is 11.8 Å². The van der Waals surface area contributed by atoms with Crippen LogP contribution in [-0.2, 0) is 6.42 Å². The van der Waals surface area contributed by atoms with E-state index in [4.69, 9.17) is 5.73 Å². The van der Waals surface area contributed by atoms with Crippen molar-refractivity contribution in [2.45, 2.75) is 19.4 Å². The van der Waals surface area contributed by atoms with E-state index in [-0.39, 0.29) is 11.9 Å². The predicted octanol–water partition coefficient (Wildman–Crippen LogP) is 2.59. The molecule has 1 aromatic carbocycles. The minimum Gasteiger partial charge on any atom is -0.327 e. The van der Waals surface area contributed by atoms with Crippen molar-refractivity contribution in [2.24, 2.45) is 5.73 Å². The number of halogens is 2. The minimum absolute atomic E-state index is 0.119. The van der Waals surface area contributed by atoms with Crippen molar-refractivity contribution in [1.29, 1.82) is 0 Å². The lowest BCUT2D eigenvalue weighted by Gasteiger charge is -2.11. The summed E-state index contributed by atoms with van der Waals surface area (Å²) < 4.78 is 26.1. The fourth-order valence-electron chi connectivity index (χ4n) is 1.31. The Morgan fingerprint density at radius 1 is 1.40 bits per heavy atom. The summed E-state index contributed by atoms with van der Waals surface area (Å²) in [7, 11) is 0. The summed E-state index contributed by atoms with van der Waals surface area (Å²) in [5.41, 5.74) is 6.16. The van der Waals surface area contributed by atoms with Crippen LogP contribution in [0.5, 0.6) is 0 Å². The van der Waals surface area contributed by atoms with Gasteiger partial charge in [-0.2, -0.15) is 11.8 Å². The summed E-state index contributed by atoms with van der Waals surface area (Å²) in [6, 6.07) is 3.35. The highest BCUT2D eigenvalue weighted by Gasteiger charge is 2.09. The van der Waals surface area contributed by atoms with Crippen LogP contribution in [0.15, 0.2) is 18.2 Å². The molecule has 1 nitrogen and oxygen atoms in total. The highest BCUT2D eigenvalue weighted by Crippen LogP contribution is 2.13. The molecule has 0 radical (unpaired) electrons. The third-order valence-corrected chi connectivity index (χ3v) is 3.10. The molecule has 1 atom stereocenters. The van der Waals surface area contributed by atoms with Crippen molar-refractivity contribution in [3.63, 3.8) is 0 Å². The van der Waals surface area contributed by atoms with Crippen LogP contribution in [0.4, 0.5) is 8.78 Å². The summed E-state index contributed by atoms with van der Waals surface area (Å²) in [6.45, 7) is 2.04. The molecule has 1 unspecified atom stereocenters. The molecule has 0 spiro atoms. The van der Waals surface area contributed by atoms with Crippen LogP contribution in [0.1, 0.15) is 12.5 Å². The lowest BCUT2D eigenvalue weighted by atomic mass is 10.1. The van der Waals surface area contributed by atoms with E-state index in [0.717, 1.165) is 23.6 Å². The molecule has 4 heteroatoms. The number of hydrogen-bond donors (Lipinski definition) is 1. The van der Waals surface area contributed by atoms with Gasteiger partial charge in [0.25, 0.3) is 0 Å². The van der Waals surface area contributed by atoms with Crippen LogP contribution in [0.3, 0.4) is 0 Å². The van der Waals surface area contributed by atoms with Crippen molar-refractivity contribution < 1.29 is 8.78 Å². The smallest absolute Gasteiger partial charge is 0.126 e. The summed E-state index contributed by atoms with van der Waals surface area (Å²) in [5, 5.41) is 0. The van der Waals surface area contributed by atoms with E-state index in [1.165, 1.54) is 6.07 Å². The molecule has 1 rings (SSSR count). The Balaban J connectivity index is 2.59. The molecular formula is C11H15F2NS. The molecule has 0 bridgehead atoms. The molecule has 0 aliphatic heterocycles. The van der Waals surface area contributed by atoms with Gasteiger partial charge in [0.2, 0.25) is 0 Å². The second-order valence-electron chi connectivity index (χ2n) is 3.36. The molecule has 0 aliphatic carbocycles. The van der Waals surface area contributed by atoms with Crippen LogP contribution in [0.2, 0.25) is 0 Å². The van der Waals surface area contributed by atoms with Gasteiger partial charge in [-0.3, -0.25) is 0 Å². The Bertz CT molecular complexity index is 317. The first-order chi connectivity index (χ1) is 7.13. The zero-order valence-corrected chi connectivity index (χ0v) is 9.49. The number of thioether (sulfide) groups is 1. The Morgan fingerprint density at radius 2 is 2.13 bits per heavy atom. The molecule has 0 saturated heterocycles. The number of rotatable bonds is 5. The molecule has 1 aromatic rings. The summed E-state index contributed by atoms with van der Waals surface area (Å²) in [4.78, 5) is 0. The van der Waals surface area contributed by atoms with Gasteiger partial charge in [-0.05, 0) is 35.9 Å². The normalized spacial score (nSPS) is 12.8. The van der Waals surface area contributed by atoms with Gasteiger partial charge < -0.3 is 5.73 Å². The second kappa shape index (κ2) is 6.08. The van der Waals surface area contributed by atoms with Gasteiger partial charge in [0.05, 0.1) is 0 Å². The maximum absolute atomic E-state index is 13.2. The summed E-state index contributed by atoms with van der Waals surface area (Å²) in [5.74, 6) is 0.960. The van der Waals surface area contributed by atoms with Crippen LogP contribution < -0.4 is 5.73 Å². The van der Waals surface area contributed by atoms with E-state index in [0.29, 0.717) is 12.0 Å². The number of hydrogen-bond acceptors (Lipinski definition) is 2. The Morgan fingerprint density at radius 3 is 2.80 bits per heavy atom. The fourth-order valence-corrected chi connectivity index (χ4v) is 1.97. The first-order valence-electron chi connectivity index (χ1n) is 4.90. The molecule has 0 aliphatic rings. The molecule has 15 heavy (non-hydrogen) atoms. The summed E-state index contributed by atoms with van der Waals surface area (Å²) >= 11 is 1.70. The highest BCUT2D eigenvalue weighted by molar-refractivity contribution is 7.99. The number of benzene rings is 1. The molecule has 84 valence electrons. The standard InChI is InChI=1S/C11H15F2NS/c1-2-15-7-10(14)6-8-5-9(12)3-4-11(8)13/h3-5,10H,2,6-7,14H2,1H3. The maximum atomic E-state index is 13.2. The van der Waals surface area contributed by atoms with E-state index in [1.807, 2.05) is 6.92 Å². The third kappa shape index (κ3) is 4.18. The Hall–Kier alpha value is -0.610. The lowest BCUT2D eigenvalue weighted by Crippen LogP contribution is -2.26. The Kier molecular flexibility index (Phi) is 5.05. The fraction of sp³-hybridized carbons (Fsp3) is 0.455. The summed E-state index contributed by atoms with van der Waals surface area (Å²) in [6.07, 6.45) is 0.386. The molecular weight excluding hydrogens is 216 g/mol. The topological polar surface area (TPSA) is 26.0 Å². The minimum atomic E-state index is -0.415. The molecule has 2 N–H and O–H groups in total. The zero-order valence-electron chi connectivity index (χ0n) is 8.67. The molecule has 0 heterocycles. The first-order valence-corrected chi connectivity index (χ1v) is 6.06. The van der Waals surface area contributed by atoms with Crippen LogP contribution in [0.25, 0.3) is 0 Å². The average molecular weight is 231 g/mol. The molecule has 0 aromatic heterocycles. The van der Waals surface area contributed by atoms with Gasteiger partial charge in [0.15, 0.2) is 0 Å². The van der Waals surface area contributed by atoms with Crippen molar-refractivity contribution >= 4 is 11.8 Å². The lowest BCUT2D eigenvalue weighted by molar-refractivity contribution is 0.576. The third-order valence-electron chi connectivity index (χ3n) is 2.03. The van der Waals surface area contributed by atoms with Crippen molar-refractivity contribution in [3.05, 3.63) is 35.4 Å². The van der Waals surface area contributed by atoms with Crippen LogP contribution in [-0.4, -0.2) is 17.5 Å². The van der Waals surface area contributed by atoms with E-state index >= 15 is 0 Å². The molecule has 0 fully saturated rings. The molecule has 0 amide bonds. The van der Waals surface area contributed by atoms with Gasteiger partial charge in [-0.15, -0.1) is 0 Å². The second-order valence-corrected chi connectivity index (χ2v) is 4.68. The van der Waals surface area contributed by atoms with Crippen LogP contribution in [0, 0.1) is 11.6 Å². The molecule has 0 saturated carbocycles. The van der Waals surface area contributed by atoms with E-state index in [2.05, 4.69) is 0 Å². The van der Waals surface area contributed by atoms with E-state index in [9.17, 15) is 8.78 Å². The van der Waals surface area contributed by atoms with Crippen molar-refractivity contribution in [1.82, 2.24) is 0 Å². The largest absolute Gasteiger partial charge is 0.327 e. The van der Waals surface area contributed by atoms with Gasteiger partial charge in [-0.1, -0.05) is 6.92 Å². The zero-order chi connectivity index (χ0) is 11.3. The SMILES string of the molecule is CCSCC(N)Cc1cc(F)ccc1F.